The summed E-state index contributed by atoms with van der Waals surface area (Å²) in [7, 11) is 0. The smallest absolute Gasteiger partial charge is 0.137 e. The predicted octanol–water partition coefficient (Wildman–Crippen LogP) is 1.60. The first-order chi connectivity index (χ1) is 11.8. The minimum Gasteiger partial charge on any atom is -0.370 e. The normalized spacial score (nSPS) is 16.6. The van der Waals surface area contributed by atoms with Gasteiger partial charge in [0, 0.05) is 56.8 Å². The van der Waals surface area contributed by atoms with Crippen LogP contribution in [0.2, 0.25) is 0 Å². The molecule has 7 nitrogen and oxygen atoms in total. The molecule has 3 aromatic rings. The zero-order valence-corrected chi connectivity index (χ0v) is 13.7. The number of rotatable bonds is 5. The molecular formula is C17H21N7. The van der Waals surface area contributed by atoms with Gasteiger partial charge in [-0.1, -0.05) is 6.07 Å². The lowest BCUT2D eigenvalue weighted by Gasteiger charge is -2.25. The van der Waals surface area contributed by atoms with Gasteiger partial charge in [-0.15, -0.1) is 0 Å². The van der Waals surface area contributed by atoms with Crippen molar-refractivity contribution >= 4 is 5.82 Å². The van der Waals surface area contributed by atoms with Crippen molar-refractivity contribution in [3.8, 4) is 5.82 Å². The van der Waals surface area contributed by atoms with Crippen LogP contribution in [-0.4, -0.2) is 37.4 Å². The lowest BCUT2D eigenvalue weighted by atomic mass is 10.1. The second-order valence-corrected chi connectivity index (χ2v) is 6.15. The Balaban J connectivity index is 1.30. The Morgan fingerprint density at radius 1 is 1.25 bits per heavy atom. The molecule has 124 valence electrons. The van der Waals surface area contributed by atoms with Gasteiger partial charge >= 0.3 is 0 Å². The lowest BCUT2D eigenvalue weighted by Crippen LogP contribution is -2.35. The summed E-state index contributed by atoms with van der Waals surface area (Å²) in [5.74, 6) is 3.49. The Morgan fingerprint density at radius 2 is 2.21 bits per heavy atom. The van der Waals surface area contributed by atoms with Gasteiger partial charge < -0.3 is 10.6 Å². The largest absolute Gasteiger partial charge is 0.370 e. The van der Waals surface area contributed by atoms with E-state index in [1.54, 1.807) is 6.20 Å². The molecule has 2 N–H and O–H groups in total. The van der Waals surface area contributed by atoms with Crippen LogP contribution in [-0.2, 0) is 13.1 Å². The topological polar surface area (TPSA) is 72.6 Å². The van der Waals surface area contributed by atoms with E-state index < -0.39 is 0 Å². The Labute approximate surface area is 140 Å². The average Bonchev–Trinajstić information content (AvgIpc) is 3.24. The summed E-state index contributed by atoms with van der Waals surface area (Å²) in [6.45, 7) is 5.68. The molecule has 24 heavy (non-hydrogen) atoms. The van der Waals surface area contributed by atoms with Gasteiger partial charge in [0.1, 0.15) is 17.5 Å². The number of imidazole rings is 1. The molecule has 0 spiro atoms. The SMILES string of the molecule is Cc1nccn1-c1ccc(CNCC2CNc3ccnn3C2)cn1. The number of fused-ring (bicyclic) bond motifs is 1. The van der Waals surface area contributed by atoms with E-state index in [9.17, 15) is 0 Å². The molecule has 0 aliphatic carbocycles. The molecule has 1 unspecified atom stereocenters. The van der Waals surface area contributed by atoms with E-state index in [0.29, 0.717) is 5.92 Å². The van der Waals surface area contributed by atoms with Crippen LogP contribution >= 0.6 is 0 Å². The summed E-state index contributed by atoms with van der Waals surface area (Å²) in [6, 6.07) is 6.15. The number of aryl methyl sites for hydroxylation is 1. The quantitative estimate of drug-likeness (QED) is 0.746. The number of hydrogen-bond donors (Lipinski definition) is 2. The molecule has 4 heterocycles. The summed E-state index contributed by atoms with van der Waals surface area (Å²) < 4.78 is 4.01. The van der Waals surface area contributed by atoms with Gasteiger partial charge in [-0.25, -0.2) is 14.6 Å². The van der Waals surface area contributed by atoms with Gasteiger partial charge in [-0.3, -0.25) is 4.57 Å². The second-order valence-electron chi connectivity index (χ2n) is 6.15. The highest BCUT2D eigenvalue weighted by Crippen LogP contribution is 2.15. The van der Waals surface area contributed by atoms with Gasteiger partial charge in [-0.2, -0.15) is 5.10 Å². The molecule has 0 fully saturated rings. The monoisotopic (exact) mass is 323 g/mol. The average molecular weight is 323 g/mol. The highest BCUT2D eigenvalue weighted by atomic mass is 15.3. The van der Waals surface area contributed by atoms with Crippen molar-refractivity contribution in [2.75, 3.05) is 18.4 Å². The molecule has 0 radical (unpaired) electrons. The third-order valence-corrected chi connectivity index (χ3v) is 4.36. The molecule has 0 bridgehead atoms. The van der Waals surface area contributed by atoms with Crippen LogP contribution < -0.4 is 10.6 Å². The van der Waals surface area contributed by atoms with Gasteiger partial charge in [0.25, 0.3) is 0 Å². The number of aromatic nitrogens is 5. The Morgan fingerprint density at radius 3 is 3.00 bits per heavy atom. The highest BCUT2D eigenvalue weighted by molar-refractivity contribution is 5.35. The number of hydrogen-bond acceptors (Lipinski definition) is 5. The van der Waals surface area contributed by atoms with Crippen molar-refractivity contribution in [3.05, 3.63) is 54.4 Å². The zero-order chi connectivity index (χ0) is 16.4. The van der Waals surface area contributed by atoms with E-state index in [1.807, 2.05) is 46.9 Å². The van der Waals surface area contributed by atoms with Crippen molar-refractivity contribution in [1.82, 2.24) is 29.6 Å². The molecule has 4 rings (SSSR count). The molecule has 1 aliphatic heterocycles. The molecular weight excluding hydrogens is 302 g/mol. The van der Waals surface area contributed by atoms with Crippen molar-refractivity contribution in [1.29, 1.82) is 0 Å². The molecule has 1 aliphatic rings. The number of nitrogens with zero attached hydrogens (tertiary/aromatic N) is 5. The fourth-order valence-electron chi connectivity index (χ4n) is 3.03. The van der Waals surface area contributed by atoms with Gasteiger partial charge in [0.2, 0.25) is 0 Å². The first kappa shape index (κ1) is 14.9. The summed E-state index contributed by atoms with van der Waals surface area (Å²) in [5, 5.41) is 11.3. The maximum absolute atomic E-state index is 4.53. The van der Waals surface area contributed by atoms with E-state index in [1.165, 1.54) is 5.56 Å². The molecule has 7 heteroatoms. The van der Waals surface area contributed by atoms with Crippen molar-refractivity contribution in [2.45, 2.75) is 20.0 Å². The highest BCUT2D eigenvalue weighted by Gasteiger charge is 2.17. The van der Waals surface area contributed by atoms with Gasteiger partial charge in [0.05, 0.1) is 6.20 Å². The third-order valence-electron chi connectivity index (χ3n) is 4.36. The van der Waals surface area contributed by atoms with Gasteiger partial charge in [-0.05, 0) is 18.6 Å². The van der Waals surface area contributed by atoms with Crippen molar-refractivity contribution in [3.63, 3.8) is 0 Å². The minimum absolute atomic E-state index is 0.540. The van der Waals surface area contributed by atoms with Crippen LogP contribution in [0.15, 0.2) is 43.0 Å². The van der Waals surface area contributed by atoms with Crippen LogP contribution in [0.3, 0.4) is 0 Å². The summed E-state index contributed by atoms with van der Waals surface area (Å²) in [5.41, 5.74) is 1.18. The molecule has 0 saturated heterocycles. The fourth-order valence-corrected chi connectivity index (χ4v) is 3.03. The molecule has 1 atom stereocenters. The van der Waals surface area contributed by atoms with Crippen LogP contribution in [0, 0.1) is 12.8 Å². The maximum Gasteiger partial charge on any atom is 0.137 e. The van der Waals surface area contributed by atoms with E-state index in [2.05, 4.69) is 31.8 Å². The second kappa shape index (κ2) is 6.45. The van der Waals surface area contributed by atoms with Crippen LogP contribution in [0.5, 0.6) is 0 Å². The van der Waals surface area contributed by atoms with Crippen molar-refractivity contribution in [2.24, 2.45) is 5.92 Å². The zero-order valence-electron chi connectivity index (χ0n) is 13.7. The van der Waals surface area contributed by atoms with Crippen LogP contribution in [0.25, 0.3) is 5.82 Å². The maximum atomic E-state index is 4.53. The summed E-state index contributed by atoms with van der Waals surface area (Å²) in [6.07, 6.45) is 7.48. The molecule has 0 amide bonds. The summed E-state index contributed by atoms with van der Waals surface area (Å²) >= 11 is 0. The predicted molar refractivity (Wildman–Crippen MR) is 92.0 cm³/mol. The minimum atomic E-state index is 0.540. The van der Waals surface area contributed by atoms with E-state index in [-0.39, 0.29) is 0 Å². The first-order valence-electron chi connectivity index (χ1n) is 8.21. The van der Waals surface area contributed by atoms with E-state index in [4.69, 9.17) is 0 Å². The molecule has 3 aromatic heterocycles. The van der Waals surface area contributed by atoms with Crippen molar-refractivity contribution < 1.29 is 0 Å². The van der Waals surface area contributed by atoms with Crippen LogP contribution in [0.4, 0.5) is 5.82 Å². The van der Waals surface area contributed by atoms with Crippen LogP contribution in [0.1, 0.15) is 11.4 Å². The fraction of sp³-hybridized carbons (Fsp3) is 0.353. The Kier molecular flexibility index (Phi) is 4.00. The van der Waals surface area contributed by atoms with E-state index in [0.717, 1.165) is 43.6 Å². The Bertz CT molecular complexity index is 802. The lowest BCUT2D eigenvalue weighted by molar-refractivity contribution is 0.391. The van der Waals surface area contributed by atoms with E-state index >= 15 is 0 Å². The first-order valence-corrected chi connectivity index (χ1v) is 8.21. The third kappa shape index (κ3) is 3.03. The number of anilines is 1. The number of pyridine rings is 1. The molecule has 0 aromatic carbocycles. The Hall–Kier alpha value is -2.67. The number of nitrogens with one attached hydrogen (secondary N) is 2. The molecule has 0 saturated carbocycles. The summed E-state index contributed by atoms with van der Waals surface area (Å²) in [4.78, 5) is 8.75. The van der Waals surface area contributed by atoms with Gasteiger partial charge in [0.15, 0.2) is 0 Å². The standard InChI is InChI=1S/C17H21N7/c1-13-19-6-7-23(13)16-3-2-14(10-20-16)8-18-9-15-11-21-17-4-5-22-24(17)12-15/h2-7,10,15,18,21H,8-9,11-12H2,1H3.